The van der Waals surface area contributed by atoms with E-state index in [0.717, 1.165) is 5.30 Å². The smallest absolute Gasteiger partial charge is 0.192 e. The molecule has 0 aliphatic heterocycles. The molecular weight excluding hydrogens is 155 g/mol. The van der Waals surface area contributed by atoms with Crippen molar-refractivity contribution in [3.8, 4) is 0 Å². The van der Waals surface area contributed by atoms with Gasteiger partial charge in [0.25, 0.3) is 0 Å². The van der Waals surface area contributed by atoms with Crippen LogP contribution in [0.3, 0.4) is 0 Å². The van der Waals surface area contributed by atoms with Gasteiger partial charge in [-0.05, 0) is 23.6 Å². The molecule has 0 aliphatic rings. The number of hydrogen-bond donors (Lipinski definition) is 0. The third-order valence-corrected chi connectivity index (χ3v) is 2.13. The molecule has 1 aromatic rings. The Kier molecular flexibility index (Phi) is 2.78. The fourth-order valence-corrected chi connectivity index (χ4v) is 1.29. The summed E-state index contributed by atoms with van der Waals surface area (Å²) < 4.78 is 10.5. The van der Waals surface area contributed by atoms with Crippen molar-refractivity contribution in [2.24, 2.45) is 0 Å². The Labute approximate surface area is 68.6 Å². The molecule has 0 unspecified atom stereocenters. The molecular formula is C9H11OP. The molecule has 0 saturated carbocycles. The lowest BCUT2D eigenvalue weighted by Crippen LogP contribution is -1.95. The second-order valence-electron chi connectivity index (χ2n) is 2.84. The van der Waals surface area contributed by atoms with E-state index >= 15 is 0 Å². The molecule has 0 aromatic heterocycles. The third-order valence-electron chi connectivity index (χ3n) is 1.64. The van der Waals surface area contributed by atoms with Crippen molar-refractivity contribution in [1.29, 1.82) is 0 Å². The van der Waals surface area contributed by atoms with Crippen LogP contribution in [0.5, 0.6) is 0 Å². The lowest BCUT2D eigenvalue weighted by Gasteiger charge is -2.03. The Morgan fingerprint density at radius 3 is 2.64 bits per heavy atom. The predicted octanol–water partition coefficient (Wildman–Crippen LogP) is 2.73. The minimum Gasteiger partial charge on any atom is -0.269 e. The molecule has 0 aliphatic carbocycles. The average molecular weight is 166 g/mol. The molecule has 0 N–H and O–H groups in total. The summed E-state index contributed by atoms with van der Waals surface area (Å²) in [5, 5.41) is 0.858. The fraction of sp³-hybridized carbons (Fsp3) is 0.333. The lowest BCUT2D eigenvalue weighted by molar-refractivity contribution is 0.603. The van der Waals surface area contributed by atoms with Crippen molar-refractivity contribution in [2.75, 3.05) is 0 Å². The van der Waals surface area contributed by atoms with Crippen LogP contribution >= 0.6 is 8.46 Å². The minimum atomic E-state index is 0.110. The molecule has 1 nitrogen and oxygen atoms in total. The highest BCUT2D eigenvalue weighted by Gasteiger charge is 1.98. The summed E-state index contributed by atoms with van der Waals surface area (Å²) in [4.78, 5) is 0. The van der Waals surface area contributed by atoms with E-state index in [-0.39, 0.29) is 8.46 Å². The van der Waals surface area contributed by atoms with Gasteiger partial charge in [-0.2, -0.15) is 0 Å². The SMILES string of the molecule is CC(C)c1cccc(P=O)c1. The van der Waals surface area contributed by atoms with Gasteiger partial charge in [0.1, 0.15) is 0 Å². The third kappa shape index (κ3) is 2.13. The van der Waals surface area contributed by atoms with Gasteiger partial charge in [-0.25, -0.2) is 0 Å². The molecule has 58 valence electrons. The lowest BCUT2D eigenvalue weighted by atomic mass is 10.0. The molecule has 1 rings (SSSR count). The Balaban J connectivity index is 3.00. The highest BCUT2D eigenvalue weighted by atomic mass is 31.1. The van der Waals surface area contributed by atoms with Crippen LogP contribution in [0.4, 0.5) is 0 Å². The molecule has 0 bridgehead atoms. The Hall–Kier alpha value is -0.680. The quantitative estimate of drug-likeness (QED) is 0.617. The molecule has 0 atom stereocenters. The van der Waals surface area contributed by atoms with Gasteiger partial charge in [-0.15, -0.1) is 0 Å². The summed E-state index contributed by atoms with van der Waals surface area (Å²) in [6.07, 6.45) is 0. The van der Waals surface area contributed by atoms with E-state index in [0.29, 0.717) is 5.92 Å². The Morgan fingerprint density at radius 2 is 2.09 bits per heavy atom. The first-order chi connectivity index (χ1) is 5.24. The maximum absolute atomic E-state index is 10.5. The molecule has 2 heteroatoms. The summed E-state index contributed by atoms with van der Waals surface area (Å²) >= 11 is 0. The monoisotopic (exact) mass is 166 g/mol. The van der Waals surface area contributed by atoms with Gasteiger partial charge in [0.2, 0.25) is 0 Å². The van der Waals surface area contributed by atoms with Crippen molar-refractivity contribution in [1.82, 2.24) is 0 Å². The fourth-order valence-electron chi connectivity index (χ4n) is 0.941. The van der Waals surface area contributed by atoms with Gasteiger partial charge in [-0.3, -0.25) is 4.57 Å². The average Bonchev–Trinajstić information content (AvgIpc) is 2.05. The maximum Gasteiger partial charge on any atom is 0.192 e. The second kappa shape index (κ2) is 3.64. The summed E-state index contributed by atoms with van der Waals surface area (Å²) in [5.74, 6) is 0.511. The molecule has 0 fully saturated rings. The highest BCUT2D eigenvalue weighted by molar-refractivity contribution is 7.34. The van der Waals surface area contributed by atoms with Crippen LogP contribution in [-0.4, -0.2) is 0 Å². The maximum atomic E-state index is 10.5. The topological polar surface area (TPSA) is 17.1 Å². The zero-order chi connectivity index (χ0) is 8.27. The van der Waals surface area contributed by atoms with Crippen molar-refractivity contribution >= 4 is 13.8 Å². The predicted molar refractivity (Wildman–Crippen MR) is 47.8 cm³/mol. The molecule has 0 saturated heterocycles. The van der Waals surface area contributed by atoms with Crippen LogP contribution in [-0.2, 0) is 4.57 Å². The van der Waals surface area contributed by atoms with Crippen LogP contribution in [0.15, 0.2) is 24.3 Å². The minimum absolute atomic E-state index is 0.110. The van der Waals surface area contributed by atoms with E-state index in [9.17, 15) is 4.57 Å². The summed E-state index contributed by atoms with van der Waals surface area (Å²) in [5.41, 5.74) is 1.24. The van der Waals surface area contributed by atoms with E-state index in [1.165, 1.54) is 5.56 Å². The van der Waals surface area contributed by atoms with E-state index < -0.39 is 0 Å². The first kappa shape index (κ1) is 8.42. The normalized spacial score (nSPS) is 10.8. The van der Waals surface area contributed by atoms with Gasteiger partial charge >= 0.3 is 0 Å². The van der Waals surface area contributed by atoms with Crippen LogP contribution < -0.4 is 5.30 Å². The number of hydrogen-bond acceptors (Lipinski definition) is 1. The van der Waals surface area contributed by atoms with Crippen LogP contribution in [0.25, 0.3) is 0 Å². The Morgan fingerprint density at radius 1 is 1.36 bits per heavy atom. The van der Waals surface area contributed by atoms with Crippen molar-refractivity contribution in [2.45, 2.75) is 19.8 Å². The number of rotatable bonds is 2. The molecule has 0 heterocycles. The molecule has 11 heavy (non-hydrogen) atoms. The standard InChI is InChI=1S/C9H11OP/c1-7(2)8-4-3-5-9(6-8)11-10/h3-7H,1-2H3. The molecule has 0 spiro atoms. The van der Waals surface area contributed by atoms with Crippen molar-refractivity contribution in [3.63, 3.8) is 0 Å². The van der Waals surface area contributed by atoms with E-state index in [1.54, 1.807) is 0 Å². The summed E-state index contributed by atoms with van der Waals surface area (Å²) in [6.45, 7) is 4.25. The zero-order valence-corrected chi connectivity index (χ0v) is 7.64. The second-order valence-corrected chi connectivity index (χ2v) is 3.54. The van der Waals surface area contributed by atoms with Crippen LogP contribution in [0, 0.1) is 0 Å². The summed E-state index contributed by atoms with van der Waals surface area (Å²) in [6, 6.07) is 7.83. The molecule has 0 amide bonds. The first-order valence-corrected chi connectivity index (χ1v) is 4.48. The highest BCUT2D eigenvalue weighted by Crippen LogP contribution is 2.13. The van der Waals surface area contributed by atoms with Crippen molar-refractivity contribution in [3.05, 3.63) is 29.8 Å². The van der Waals surface area contributed by atoms with Gasteiger partial charge in [0.05, 0.1) is 0 Å². The van der Waals surface area contributed by atoms with E-state index in [2.05, 4.69) is 19.9 Å². The van der Waals surface area contributed by atoms with E-state index in [1.807, 2.05) is 18.2 Å². The molecule has 0 radical (unpaired) electrons. The van der Waals surface area contributed by atoms with E-state index in [4.69, 9.17) is 0 Å². The molecule has 1 aromatic carbocycles. The van der Waals surface area contributed by atoms with Crippen molar-refractivity contribution < 1.29 is 4.57 Å². The van der Waals surface area contributed by atoms with Crippen LogP contribution in [0.2, 0.25) is 0 Å². The van der Waals surface area contributed by atoms with Gasteiger partial charge in [-0.1, -0.05) is 26.0 Å². The first-order valence-electron chi connectivity index (χ1n) is 3.67. The number of benzene rings is 1. The van der Waals surface area contributed by atoms with Gasteiger partial charge in [0, 0.05) is 5.30 Å². The Bertz CT molecular complexity index is 255. The zero-order valence-electron chi connectivity index (χ0n) is 6.74. The largest absolute Gasteiger partial charge is 0.269 e. The summed E-state index contributed by atoms with van der Waals surface area (Å²) in [7, 11) is 0.110. The van der Waals surface area contributed by atoms with Gasteiger partial charge in [0.15, 0.2) is 8.46 Å². The van der Waals surface area contributed by atoms with Gasteiger partial charge < -0.3 is 0 Å². The van der Waals surface area contributed by atoms with Crippen LogP contribution in [0.1, 0.15) is 25.3 Å².